The smallest absolute Gasteiger partial charge is 0.201 e. The average Bonchev–Trinajstić information content (AvgIpc) is 2.80. The molecule has 0 spiro atoms. The number of ketones is 1. The van der Waals surface area contributed by atoms with Crippen molar-refractivity contribution >= 4 is 28.4 Å². The van der Waals surface area contributed by atoms with Gasteiger partial charge in [0.2, 0.25) is 5.43 Å². The van der Waals surface area contributed by atoms with Crippen molar-refractivity contribution in [2.75, 3.05) is 6.61 Å². The van der Waals surface area contributed by atoms with Crippen molar-refractivity contribution in [3.05, 3.63) is 87.3 Å². The first-order chi connectivity index (χ1) is 15.9. The van der Waals surface area contributed by atoms with Crippen LogP contribution in [0.2, 0.25) is 5.02 Å². The predicted octanol–water partition coefficient (Wildman–Crippen LogP) is 5.87. The second-order valence-corrected chi connectivity index (χ2v) is 8.59. The van der Waals surface area contributed by atoms with Crippen LogP contribution < -0.4 is 5.43 Å². The fourth-order valence-corrected chi connectivity index (χ4v) is 4.12. The van der Waals surface area contributed by atoms with Gasteiger partial charge in [0.25, 0.3) is 0 Å². The molecular formula is C26H25ClO6. The zero-order chi connectivity index (χ0) is 23.4. The number of carbonyl (C=O) groups is 1. The van der Waals surface area contributed by atoms with Gasteiger partial charge in [-0.25, -0.2) is 0 Å². The first-order valence-electron chi connectivity index (χ1n) is 10.8. The maximum Gasteiger partial charge on any atom is 0.201 e. The molecule has 2 aromatic carbocycles. The molecule has 0 radical (unpaired) electrons. The van der Waals surface area contributed by atoms with Gasteiger partial charge < -0.3 is 23.8 Å². The van der Waals surface area contributed by atoms with E-state index in [1.54, 1.807) is 43.3 Å². The molecule has 1 saturated heterocycles. The molecule has 7 heteroatoms. The van der Waals surface area contributed by atoms with Crippen LogP contribution in [-0.2, 0) is 14.3 Å². The Hall–Kier alpha value is -2.93. The molecule has 1 aliphatic heterocycles. The monoisotopic (exact) mass is 468 g/mol. The maximum atomic E-state index is 13.1. The number of ether oxygens (including phenoxy) is 2. The highest BCUT2D eigenvalue weighted by molar-refractivity contribution is 6.31. The number of phenols is 1. The van der Waals surface area contributed by atoms with Crippen molar-refractivity contribution < 1.29 is 23.8 Å². The number of allylic oxidation sites excluding steroid dienone is 2. The molecule has 1 aromatic heterocycles. The van der Waals surface area contributed by atoms with E-state index in [-0.39, 0.29) is 28.4 Å². The van der Waals surface area contributed by atoms with Crippen molar-refractivity contribution in [2.24, 2.45) is 5.92 Å². The lowest BCUT2D eigenvalue weighted by Gasteiger charge is -2.36. The van der Waals surface area contributed by atoms with Crippen LogP contribution in [0.3, 0.4) is 0 Å². The predicted molar refractivity (Wildman–Crippen MR) is 125 cm³/mol. The third-order valence-corrected chi connectivity index (χ3v) is 5.92. The summed E-state index contributed by atoms with van der Waals surface area (Å²) >= 11 is 6.06. The minimum absolute atomic E-state index is 0.0925. The molecule has 0 saturated carbocycles. The fraction of sp³-hybridized carbons (Fsp3) is 0.308. The summed E-state index contributed by atoms with van der Waals surface area (Å²) in [5.74, 6) is 0.172. The first-order valence-corrected chi connectivity index (χ1v) is 11.2. The molecule has 0 amide bonds. The number of hydrogen-bond acceptors (Lipinski definition) is 6. The minimum Gasteiger partial charge on any atom is -0.508 e. The van der Waals surface area contributed by atoms with E-state index < -0.39 is 12.4 Å². The number of para-hydroxylation sites is 1. The van der Waals surface area contributed by atoms with Crippen molar-refractivity contribution in [3.63, 3.8) is 0 Å². The molecule has 172 valence electrons. The second kappa shape index (κ2) is 10.3. The molecule has 4 rings (SSSR count). The maximum absolute atomic E-state index is 13.1. The zero-order valence-electron chi connectivity index (χ0n) is 18.2. The molecule has 1 aliphatic rings. The highest BCUT2D eigenvalue weighted by Crippen LogP contribution is 2.42. The van der Waals surface area contributed by atoms with Gasteiger partial charge in [0.05, 0.1) is 23.7 Å². The van der Waals surface area contributed by atoms with Crippen LogP contribution in [0.4, 0.5) is 0 Å². The van der Waals surface area contributed by atoms with Crippen LogP contribution in [0.5, 0.6) is 5.75 Å². The van der Waals surface area contributed by atoms with E-state index in [0.29, 0.717) is 47.4 Å². The summed E-state index contributed by atoms with van der Waals surface area (Å²) in [6.07, 6.45) is 5.68. The normalized spacial score (nSPS) is 21.0. The van der Waals surface area contributed by atoms with Gasteiger partial charge in [-0.3, -0.25) is 4.79 Å². The van der Waals surface area contributed by atoms with Crippen LogP contribution in [-0.4, -0.2) is 17.5 Å². The molecule has 6 nitrogen and oxygen atoms in total. The zero-order valence-corrected chi connectivity index (χ0v) is 19.0. The highest BCUT2D eigenvalue weighted by atomic mass is 35.5. The van der Waals surface area contributed by atoms with Crippen LogP contribution in [0.1, 0.15) is 49.7 Å². The Morgan fingerprint density at radius 1 is 1.18 bits per heavy atom. The van der Waals surface area contributed by atoms with E-state index in [4.69, 9.17) is 25.5 Å². The van der Waals surface area contributed by atoms with Gasteiger partial charge >= 0.3 is 0 Å². The topological polar surface area (TPSA) is 86.0 Å². The molecule has 2 heterocycles. The number of aromatic hydroxyl groups is 1. The van der Waals surface area contributed by atoms with Gasteiger partial charge in [-0.05, 0) is 44.0 Å². The first kappa shape index (κ1) is 23.2. The Balaban J connectivity index is 1.61. The summed E-state index contributed by atoms with van der Waals surface area (Å²) in [5.41, 5.74) is 1.01. The van der Waals surface area contributed by atoms with E-state index in [2.05, 4.69) is 0 Å². The average molecular weight is 469 g/mol. The van der Waals surface area contributed by atoms with Gasteiger partial charge in [0.15, 0.2) is 6.29 Å². The van der Waals surface area contributed by atoms with Gasteiger partial charge in [0.1, 0.15) is 23.4 Å². The molecule has 0 unspecified atom stereocenters. The number of rotatable bonds is 7. The number of phenolic OH excluding ortho intramolecular Hbond substituents is 1. The Labute approximate surface area is 196 Å². The molecule has 1 N–H and O–H groups in total. The Bertz CT molecular complexity index is 1230. The fourth-order valence-electron chi connectivity index (χ4n) is 3.95. The van der Waals surface area contributed by atoms with E-state index in [9.17, 15) is 14.7 Å². The molecule has 0 bridgehead atoms. The van der Waals surface area contributed by atoms with Gasteiger partial charge in [-0.1, -0.05) is 42.0 Å². The summed E-state index contributed by atoms with van der Waals surface area (Å²) in [5, 5.41) is 11.2. The van der Waals surface area contributed by atoms with Crippen LogP contribution >= 0.6 is 11.6 Å². The van der Waals surface area contributed by atoms with E-state index >= 15 is 0 Å². The Morgan fingerprint density at radius 3 is 2.79 bits per heavy atom. The highest BCUT2D eigenvalue weighted by Gasteiger charge is 2.36. The summed E-state index contributed by atoms with van der Waals surface area (Å²) in [7, 11) is 0. The van der Waals surface area contributed by atoms with Crippen molar-refractivity contribution in [3.8, 4) is 5.75 Å². The van der Waals surface area contributed by atoms with Crippen molar-refractivity contribution in [2.45, 2.75) is 38.6 Å². The SMILES string of the molecule is CC(=O)CC/C=C\C[C@@H]1CO[C@H](c2coc3ccc(Cl)cc3c2=O)O[C@@H]1c1ccccc1O. The Morgan fingerprint density at radius 2 is 2.00 bits per heavy atom. The van der Waals surface area contributed by atoms with Crippen LogP contribution in [0, 0.1) is 5.92 Å². The van der Waals surface area contributed by atoms with Gasteiger partial charge in [-0.2, -0.15) is 0 Å². The molecule has 33 heavy (non-hydrogen) atoms. The number of Topliss-reactive ketones (excluding diaryl/α,β-unsaturated/α-hetero) is 1. The lowest BCUT2D eigenvalue weighted by Crippen LogP contribution is -2.32. The number of hydrogen-bond donors (Lipinski definition) is 1. The van der Waals surface area contributed by atoms with E-state index in [1.807, 2.05) is 18.2 Å². The Kier molecular flexibility index (Phi) is 7.28. The lowest BCUT2D eigenvalue weighted by molar-refractivity contribution is -0.244. The summed E-state index contributed by atoms with van der Waals surface area (Å²) < 4.78 is 17.8. The molecule has 1 fully saturated rings. The largest absolute Gasteiger partial charge is 0.508 e. The number of carbonyl (C=O) groups excluding carboxylic acids is 1. The van der Waals surface area contributed by atoms with Crippen molar-refractivity contribution in [1.29, 1.82) is 0 Å². The van der Waals surface area contributed by atoms with E-state index in [0.717, 1.165) is 0 Å². The number of benzene rings is 2. The second-order valence-electron chi connectivity index (χ2n) is 8.15. The van der Waals surface area contributed by atoms with Crippen LogP contribution in [0.25, 0.3) is 11.0 Å². The molecule has 3 atom stereocenters. The standard InChI is InChI=1S/C26H25ClO6/c1-16(28)7-3-2-4-8-17-14-32-26(33-25(17)19-9-5-6-10-22(19)29)21-15-31-23-12-11-18(27)13-20(23)24(21)30/h2,4-6,9-13,15,17,25-26,29H,3,7-8,14H2,1H3/b4-2-/t17-,25+,26+/m1/s1. The third-order valence-electron chi connectivity index (χ3n) is 5.69. The summed E-state index contributed by atoms with van der Waals surface area (Å²) in [6, 6.07) is 11.8. The third kappa shape index (κ3) is 5.36. The van der Waals surface area contributed by atoms with Crippen molar-refractivity contribution in [1.82, 2.24) is 0 Å². The summed E-state index contributed by atoms with van der Waals surface area (Å²) in [4.78, 5) is 24.2. The number of fused-ring (bicyclic) bond motifs is 1. The van der Waals surface area contributed by atoms with Gasteiger partial charge in [0, 0.05) is 22.9 Å². The van der Waals surface area contributed by atoms with Crippen LogP contribution in [0.15, 0.2) is 70.1 Å². The quantitative estimate of drug-likeness (QED) is 0.436. The summed E-state index contributed by atoms with van der Waals surface area (Å²) in [6.45, 7) is 1.88. The van der Waals surface area contributed by atoms with E-state index in [1.165, 1.54) is 6.26 Å². The minimum atomic E-state index is -0.952. The molecule has 3 aromatic rings. The lowest BCUT2D eigenvalue weighted by atomic mass is 9.91. The molecular weight excluding hydrogens is 444 g/mol. The van der Waals surface area contributed by atoms with Gasteiger partial charge in [-0.15, -0.1) is 0 Å². The molecule has 0 aliphatic carbocycles. The number of halogens is 1.